The third kappa shape index (κ3) is 4.60. The average molecular weight is 171 g/mol. The molecule has 0 spiro atoms. The Morgan fingerprint density at radius 3 is 2.42 bits per heavy atom. The molecule has 0 saturated carbocycles. The van der Waals surface area contributed by atoms with Crippen molar-refractivity contribution < 1.29 is 4.74 Å². The summed E-state index contributed by atoms with van der Waals surface area (Å²) in [5, 5.41) is 0. The van der Waals surface area contributed by atoms with Crippen molar-refractivity contribution in [1.29, 1.82) is 0 Å². The second kappa shape index (κ2) is 6.30. The number of rotatable bonds is 3. The fourth-order valence-corrected chi connectivity index (χ4v) is 0.723. The summed E-state index contributed by atoms with van der Waals surface area (Å²) in [5.41, 5.74) is 1.04. The zero-order valence-electron chi connectivity index (χ0n) is 7.71. The van der Waals surface area contributed by atoms with Gasteiger partial charge in [0.15, 0.2) is 0 Å². The first kappa shape index (κ1) is 11.8. The van der Waals surface area contributed by atoms with E-state index in [0.29, 0.717) is 6.61 Å². The number of hydrogen-bond acceptors (Lipinski definition) is 1. The number of hydrogen-bond donors (Lipinski definition) is 0. The fraction of sp³-hybridized carbons (Fsp3) is 0.200. The molecule has 1 aromatic carbocycles. The van der Waals surface area contributed by atoms with E-state index in [1.165, 1.54) is 0 Å². The summed E-state index contributed by atoms with van der Waals surface area (Å²) in [6.07, 6.45) is 0. The number of ether oxygens (including phenoxy) is 1. The minimum atomic E-state index is 0. The van der Waals surface area contributed by atoms with Gasteiger partial charge in [-0.05, 0) is 24.6 Å². The van der Waals surface area contributed by atoms with E-state index in [1.54, 1.807) is 0 Å². The van der Waals surface area contributed by atoms with Crippen LogP contribution >= 0.6 is 0 Å². The van der Waals surface area contributed by atoms with Crippen LogP contribution in [0, 0.1) is 0 Å². The van der Waals surface area contributed by atoms with Gasteiger partial charge in [0.2, 0.25) is 0 Å². The average Bonchev–Trinajstić information content (AvgIpc) is 2.03. The zero-order valence-corrected chi connectivity index (χ0v) is 9.71. The second-order valence-electron chi connectivity index (χ2n) is 2.56. The predicted octanol–water partition coefficient (Wildman–Crippen LogP) is 2.26. The molecule has 0 aliphatic heterocycles. The van der Waals surface area contributed by atoms with E-state index in [1.807, 2.05) is 37.3 Å². The molecule has 0 fully saturated rings. The molecule has 1 nitrogen and oxygen atoms in total. The van der Waals surface area contributed by atoms with Gasteiger partial charge in [-0.2, -0.15) is 0 Å². The molecule has 2 heteroatoms. The first-order valence-electron chi connectivity index (χ1n) is 3.61. The Labute approximate surface area is 95.7 Å². The molecule has 59 valence electrons. The molecular formula is C10H12NaO. The number of para-hydroxylation sites is 1. The maximum absolute atomic E-state index is 5.37. The second-order valence-corrected chi connectivity index (χ2v) is 2.56. The largest absolute Gasteiger partial charge is 0.489 e. The van der Waals surface area contributed by atoms with Gasteiger partial charge >= 0.3 is 0 Å². The molecule has 0 aliphatic rings. The van der Waals surface area contributed by atoms with E-state index >= 15 is 0 Å². The topological polar surface area (TPSA) is 9.23 Å². The molecule has 0 bridgehead atoms. The summed E-state index contributed by atoms with van der Waals surface area (Å²) in [6.45, 7) is 6.29. The van der Waals surface area contributed by atoms with Crippen molar-refractivity contribution in [2.45, 2.75) is 6.92 Å². The molecule has 0 saturated heterocycles. The minimum absolute atomic E-state index is 0. The van der Waals surface area contributed by atoms with Crippen molar-refractivity contribution in [3.8, 4) is 5.75 Å². The van der Waals surface area contributed by atoms with E-state index in [0.717, 1.165) is 11.3 Å². The van der Waals surface area contributed by atoms with Gasteiger partial charge in [-0.25, -0.2) is 0 Å². The standard InChI is InChI=1S/C10H12O.Na/c1-9(2)8-11-10-6-4-3-5-7-10;/h3-7H,1,8H2,2H3;. The van der Waals surface area contributed by atoms with E-state index < -0.39 is 0 Å². The molecule has 0 aromatic heterocycles. The summed E-state index contributed by atoms with van der Waals surface area (Å²) in [6, 6.07) is 9.74. The molecule has 1 rings (SSSR count). The van der Waals surface area contributed by atoms with E-state index in [2.05, 4.69) is 6.58 Å². The first-order chi connectivity index (χ1) is 5.29. The molecule has 0 amide bonds. The number of benzene rings is 1. The normalized spacial score (nSPS) is 8.42. The molecule has 0 aliphatic carbocycles. The molecule has 12 heavy (non-hydrogen) atoms. The molecular weight excluding hydrogens is 159 g/mol. The van der Waals surface area contributed by atoms with Gasteiger partial charge < -0.3 is 4.74 Å². The molecule has 0 unspecified atom stereocenters. The first-order valence-corrected chi connectivity index (χ1v) is 3.61. The van der Waals surface area contributed by atoms with Crippen molar-refractivity contribution in [2.75, 3.05) is 6.61 Å². The zero-order chi connectivity index (χ0) is 8.10. The monoisotopic (exact) mass is 171 g/mol. The van der Waals surface area contributed by atoms with Crippen LogP contribution in [0.2, 0.25) is 0 Å². The van der Waals surface area contributed by atoms with Gasteiger partial charge in [-0.15, -0.1) is 0 Å². The van der Waals surface area contributed by atoms with Crippen LogP contribution in [0.1, 0.15) is 6.92 Å². The maximum atomic E-state index is 5.37. The SMILES string of the molecule is C=C(C)COc1ccccc1.[Na]. The van der Waals surface area contributed by atoms with Crippen molar-refractivity contribution in [1.82, 2.24) is 0 Å². The molecule has 1 radical (unpaired) electrons. The van der Waals surface area contributed by atoms with Crippen LogP contribution < -0.4 is 4.74 Å². The van der Waals surface area contributed by atoms with Crippen LogP contribution in [0.25, 0.3) is 0 Å². The van der Waals surface area contributed by atoms with Crippen LogP contribution in [-0.4, -0.2) is 36.2 Å². The Kier molecular flexibility index (Phi) is 6.17. The summed E-state index contributed by atoms with van der Waals surface area (Å²) < 4.78 is 5.37. The predicted molar refractivity (Wildman–Crippen MR) is 52.5 cm³/mol. The van der Waals surface area contributed by atoms with Gasteiger partial charge in [0.05, 0.1) is 0 Å². The van der Waals surface area contributed by atoms with Crippen LogP contribution in [-0.2, 0) is 0 Å². The summed E-state index contributed by atoms with van der Waals surface area (Å²) >= 11 is 0. The van der Waals surface area contributed by atoms with Gasteiger partial charge in [0.1, 0.15) is 12.4 Å². The van der Waals surface area contributed by atoms with E-state index in [9.17, 15) is 0 Å². The third-order valence-electron chi connectivity index (χ3n) is 1.23. The van der Waals surface area contributed by atoms with Crippen molar-refractivity contribution >= 4 is 29.6 Å². The summed E-state index contributed by atoms with van der Waals surface area (Å²) in [4.78, 5) is 0. The fourth-order valence-electron chi connectivity index (χ4n) is 0.723. The Balaban J connectivity index is 0.00000121. The maximum Gasteiger partial charge on any atom is 0.119 e. The van der Waals surface area contributed by atoms with Crippen LogP contribution in [0.5, 0.6) is 5.75 Å². The van der Waals surface area contributed by atoms with Gasteiger partial charge in [0.25, 0.3) is 0 Å². The minimum Gasteiger partial charge on any atom is -0.489 e. The smallest absolute Gasteiger partial charge is 0.119 e. The Bertz CT molecular complexity index is 231. The van der Waals surface area contributed by atoms with Gasteiger partial charge in [-0.3, -0.25) is 0 Å². The van der Waals surface area contributed by atoms with Crippen LogP contribution in [0.15, 0.2) is 42.5 Å². The van der Waals surface area contributed by atoms with Crippen molar-refractivity contribution in [3.05, 3.63) is 42.5 Å². The van der Waals surface area contributed by atoms with Gasteiger partial charge in [-0.1, -0.05) is 24.8 Å². The quantitative estimate of drug-likeness (QED) is 0.500. The Morgan fingerprint density at radius 1 is 1.33 bits per heavy atom. The Morgan fingerprint density at radius 2 is 1.92 bits per heavy atom. The van der Waals surface area contributed by atoms with E-state index in [-0.39, 0.29) is 29.6 Å². The molecule has 0 atom stereocenters. The Hall–Kier alpha value is -0.240. The van der Waals surface area contributed by atoms with Gasteiger partial charge in [0, 0.05) is 29.6 Å². The third-order valence-corrected chi connectivity index (χ3v) is 1.23. The van der Waals surface area contributed by atoms with Crippen molar-refractivity contribution in [3.63, 3.8) is 0 Å². The molecule has 1 aromatic rings. The summed E-state index contributed by atoms with van der Waals surface area (Å²) in [7, 11) is 0. The van der Waals surface area contributed by atoms with Crippen LogP contribution in [0.4, 0.5) is 0 Å². The summed E-state index contributed by atoms with van der Waals surface area (Å²) in [5.74, 6) is 0.899. The molecule has 0 heterocycles. The van der Waals surface area contributed by atoms with Crippen LogP contribution in [0.3, 0.4) is 0 Å². The molecule has 0 N–H and O–H groups in total. The van der Waals surface area contributed by atoms with E-state index in [4.69, 9.17) is 4.74 Å². The van der Waals surface area contributed by atoms with Crippen molar-refractivity contribution in [2.24, 2.45) is 0 Å².